The second-order valence-corrected chi connectivity index (χ2v) is 8.53. The number of nitrogens with one attached hydrogen (secondary N) is 3. The van der Waals surface area contributed by atoms with Crippen LogP contribution in [-0.4, -0.2) is 44.4 Å². The molecule has 1 unspecified atom stereocenters. The Balaban J connectivity index is 0.00000306. The minimum atomic E-state index is 0. The van der Waals surface area contributed by atoms with Gasteiger partial charge < -0.3 is 25.1 Å². The number of aromatic amines is 1. The molecule has 6 nitrogen and oxygen atoms in total. The van der Waals surface area contributed by atoms with E-state index in [-0.39, 0.29) is 24.0 Å². The lowest BCUT2D eigenvalue weighted by atomic mass is 10.1. The van der Waals surface area contributed by atoms with Crippen molar-refractivity contribution in [1.82, 2.24) is 15.6 Å². The molecule has 0 spiro atoms. The second kappa shape index (κ2) is 12.3. The maximum Gasteiger partial charge on any atom is 0.191 e. The third-order valence-corrected chi connectivity index (χ3v) is 6.09. The molecule has 1 fully saturated rings. The standard InChI is InChI=1S/C26H34N4O2.HI/c1-18-8-9-21(25(14-18)32-17-20-11-13-31-16-20)15-29-26(27-3)28-12-10-22-19(2)30-24-7-5-4-6-23(22)24;/h4-9,14,20,30H,10-13,15-17H2,1-3H3,(H2,27,28,29);1H. The van der Waals surface area contributed by atoms with Crippen LogP contribution in [0.25, 0.3) is 10.9 Å². The monoisotopic (exact) mass is 562 g/mol. The molecule has 0 amide bonds. The molecule has 2 aromatic carbocycles. The number of halogens is 1. The van der Waals surface area contributed by atoms with Crippen molar-refractivity contribution in [2.24, 2.45) is 10.9 Å². The van der Waals surface area contributed by atoms with Gasteiger partial charge in [-0.15, -0.1) is 24.0 Å². The van der Waals surface area contributed by atoms with Gasteiger partial charge in [0, 0.05) is 54.8 Å². The Hall–Kier alpha value is -2.26. The molecule has 2 heterocycles. The predicted molar refractivity (Wildman–Crippen MR) is 146 cm³/mol. The van der Waals surface area contributed by atoms with E-state index in [1.54, 1.807) is 7.05 Å². The van der Waals surface area contributed by atoms with Crippen molar-refractivity contribution in [3.05, 3.63) is 64.8 Å². The van der Waals surface area contributed by atoms with E-state index >= 15 is 0 Å². The van der Waals surface area contributed by atoms with E-state index in [4.69, 9.17) is 9.47 Å². The van der Waals surface area contributed by atoms with Gasteiger partial charge >= 0.3 is 0 Å². The average Bonchev–Trinajstić information content (AvgIpc) is 3.43. The van der Waals surface area contributed by atoms with Crippen LogP contribution in [0.1, 0.15) is 28.8 Å². The molecule has 3 aromatic rings. The van der Waals surface area contributed by atoms with Crippen LogP contribution in [0.4, 0.5) is 0 Å². The number of guanidine groups is 1. The summed E-state index contributed by atoms with van der Waals surface area (Å²) in [6.07, 6.45) is 2.00. The van der Waals surface area contributed by atoms with Gasteiger partial charge in [-0.2, -0.15) is 0 Å². The molecule has 0 radical (unpaired) electrons. The van der Waals surface area contributed by atoms with Crippen molar-refractivity contribution >= 4 is 40.8 Å². The molecular weight excluding hydrogens is 527 g/mol. The topological polar surface area (TPSA) is 70.7 Å². The number of aliphatic imine (C=N–C) groups is 1. The number of hydrogen-bond donors (Lipinski definition) is 3. The number of aryl methyl sites for hydroxylation is 2. The van der Waals surface area contributed by atoms with Crippen LogP contribution < -0.4 is 15.4 Å². The van der Waals surface area contributed by atoms with Gasteiger partial charge in [0.25, 0.3) is 0 Å². The fourth-order valence-electron chi connectivity index (χ4n) is 4.23. The zero-order chi connectivity index (χ0) is 22.3. The highest BCUT2D eigenvalue weighted by Gasteiger charge is 2.17. The number of nitrogens with zero attached hydrogens (tertiary/aromatic N) is 1. The summed E-state index contributed by atoms with van der Waals surface area (Å²) in [4.78, 5) is 7.87. The van der Waals surface area contributed by atoms with E-state index in [0.29, 0.717) is 19.1 Å². The van der Waals surface area contributed by atoms with Crippen LogP contribution in [0, 0.1) is 19.8 Å². The summed E-state index contributed by atoms with van der Waals surface area (Å²) in [5.41, 5.74) is 6.10. The second-order valence-electron chi connectivity index (χ2n) is 8.53. The van der Waals surface area contributed by atoms with Crippen molar-refractivity contribution in [3.63, 3.8) is 0 Å². The summed E-state index contributed by atoms with van der Waals surface area (Å²) >= 11 is 0. The van der Waals surface area contributed by atoms with Gasteiger partial charge in [0.2, 0.25) is 0 Å². The van der Waals surface area contributed by atoms with Crippen LogP contribution in [0.5, 0.6) is 5.75 Å². The quantitative estimate of drug-likeness (QED) is 0.211. The molecular formula is C26H35IN4O2. The fraction of sp³-hybridized carbons (Fsp3) is 0.423. The molecule has 4 rings (SSSR count). The number of H-pyrrole nitrogens is 1. The van der Waals surface area contributed by atoms with Crippen molar-refractivity contribution in [2.75, 3.05) is 33.4 Å². The summed E-state index contributed by atoms with van der Waals surface area (Å²) in [5.74, 6) is 2.21. The minimum absolute atomic E-state index is 0. The summed E-state index contributed by atoms with van der Waals surface area (Å²) in [5, 5.41) is 8.17. The maximum atomic E-state index is 6.17. The highest BCUT2D eigenvalue weighted by molar-refractivity contribution is 14.0. The summed E-state index contributed by atoms with van der Waals surface area (Å²) in [6, 6.07) is 14.8. The van der Waals surface area contributed by atoms with Gasteiger partial charge in [-0.1, -0.05) is 30.3 Å². The first-order chi connectivity index (χ1) is 15.6. The first kappa shape index (κ1) is 25.4. The lowest BCUT2D eigenvalue weighted by Crippen LogP contribution is -2.38. The largest absolute Gasteiger partial charge is 0.493 e. The Kier molecular flexibility index (Phi) is 9.43. The van der Waals surface area contributed by atoms with Gasteiger partial charge in [-0.05, 0) is 49.9 Å². The number of fused-ring (bicyclic) bond motifs is 1. The molecule has 1 saturated heterocycles. The van der Waals surface area contributed by atoms with E-state index in [9.17, 15) is 0 Å². The third-order valence-electron chi connectivity index (χ3n) is 6.09. The van der Waals surface area contributed by atoms with Crippen LogP contribution in [0.2, 0.25) is 0 Å². The lowest BCUT2D eigenvalue weighted by molar-refractivity contribution is 0.166. The Morgan fingerprint density at radius 2 is 2.03 bits per heavy atom. The highest BCUT2D eigenvalue weighted by atomic mass is 127. The highest BCUT2D eigenvalue weighted by Crippen LogP contribution is 2.23. The smallest absolute Gasteiger partial charge is 0.191 e. The van der Waals surface area contributed by atoms with E-state index in [0.717, 1.165) is 49.9 Å². The van der Waals surface area contributed by atoms with Crippen LogP contribution in [0.3, 0.4) is 0 Å². The number of rotatable bonds is 8. The zero-order valence-corrected chi connectivity index (χ0v) is 22.1. The molecule has 1 aliphatic heterocycles. The first-order valence-corrected chi connectivity index (χ1v) is 11.4. The minimum Gasteiger partial charge on any atom is -0.493 e. The number of para-hydroxylation sites is 1. The van der Waals surface area contributed by atoms with Crippen molar-refractivity contribution < 1.29 is 9.47 Å². The fourth-order valence-corrected chi connectivity index (χ4v) is 4.23. The summed E-state index contributed by atoms with van der Waals surface area (Å²) in [7, 11) is 1.80. The van der Waals surface area contributed by atoms with Crippen molar-refractivity contribution in [3.8, 4) is 5.75 Å². The summed E-state index contributed by atoms with van der Waals surface area (Å²) in [6.45, 7) is 8.04. The SMILES string of the molecule is CN=C(NCCc1c(C)[nH]c2ccccc12)NCc1ccc(C)cc1OCC1CCOC1.I. The zero-order valence-electron chi connectivity index (χ0n) is 19.7. The van der Waals surface area contributed by atoms with Crippen LogP contribution >= 0.6 is 24.0 Å². The molecule has 1 aromatic heterocycles. The molecule has 3 N–H and O–H groups in total. The molecule has 1 aliphatic rings. The van der Waals surface area contributed by atoms with Crippen molar-refractivity contribution in [1.29, 1.82) is 0 Å². The van der Waals surface area contributed by atoms with E-state index in [1.165, 1.54) is 27.7 Å². The van der Waals surface area contributed by atoms with Crippen molar-refractivity contribution in [2.45, 2.75) is 33.2 Å². The molecule has 178 valence electrons. The normalized spacial score (nSPS) is 16.0. The van der Waals surface area contributed by atoms with Gasteiger partial charge in [-0.3, -0.25) is 4.99 Å². The molecule has 33 heavy (non-hydrogen) atoms. The molecule has 0 aliphatic carbocycles. The first-order valence-electron chi connectivity index (χ1n) is 11.4. The number of aromatic nitrogens is 1. The van der Waals surface area contributed by atoms with Crippen LogP contribution in [-0.2, 0) is 17.7 Å². The van der Waals surface area contributed by atoms with Gasteiger partial charge in [-0.25, -0.2) is 0 Å². The Labute approximate surface area is 213 Å². The van der Waals surface area contributed by atoms with E-state index in [2.05, 4.69) is 76.9 Å². The Morgan fingerprint density at radius 1 is 1.18 bits per heavy atom. The van der Waals surface area contributed by atoms with Gasteiger partial charge in [0.15, 0.2) is 5.96 Å². The Morgan fingerprint density at radius 3 is 2.82 bits per heavy atom. The molecule has 1 atom stereocenters. The third kappa shape index (κ3) is 6.63. The molecule has 0 saturated carbocycles. The predicted octanol–water partition coefficient (Wildman–Crippen LogP) is 4.73. The van der Waals surface area contributed by atoms with E-state index < -0.39 is 0 Å². The Bertz CT molecular complexity index is 1070. The van der Waals surface area contributed by atoms with E-state index in [1.807, 2.05) is 0 Å². The number of hydrogen-bond acceptors (Lipinski definition) is 3. The summed E-state index contributed by atoms with van der Waals surface area (Å²) < 4.78 is 11.6. The maximum absolute atomic E-state index is 6.17. The van der Waals surface area contributed by atoms with Crippen LogP contribution in [0.15, 0.2) is 47.5 Å². The molecule has 7 heteroatoms. The molecule has 0 bridgehead atoms. The van der Waals surface area contributed by atoms with Gasteiger partial charge in [0.05, 0.1) is 13.2 Å². The number of benzene rings is 2. The lowest BCUT2D eigenvalue weighted by Gasteiger charge is -2.17. The van der Waals surface area contributed by atoms with Gasteiger partial charge in [0.1, 0.15) is 5.75 Å². The number of ether oxygens (including phenoxy) is 2. The average molecular weight is 562 g/mol.